The van der Waals surface area contributed by atoms with Crippen molar-refractivity contribution >= 4 is 41.3 Å². The van der Waals surface area contributed by atoms with Crippen LogP contribution in [0.2, 0.25) is 0 Å². The van der Waals surface area contributed by atoms with Crippen molar-refractivity contribution in [1.29, 1.82) is 0 Å². The third-order valence-electron chi connectivity index (χ3n) is 4.92. The van der Waals surface area contributed by atoms with Gasteiger partial charge in [-0.05, 0) is 18.1 Å². The van der Waals surface area contributed by atoms with Crippen molar-refractivity contribution in [3.05, 3.63) is 71.8 Å². The molecule has 2 amide bonds. The lowest BCUT2D eigenvalue weighted by Crippen LogP contribution is -2.53. The minimum atomic E-state index is -0.756. The Bertz CT molecular complexity index is 908. The molecule has 0 bridgehead atoms. The van der Waals surface area contributed by atoms with Gasteiger partial charge in [-0.2, -0.15) is 23.5 Å². The van der Waals surface area contributed by atoms with Crippen molar-refractivity contribution in [2.24, 2.45) is 5.41 Å². The van der Waals surface area contributed by atoms with Gasteiger partial charge in [-0.3, -0.25) is 14.4 Å². The van der Waals surface area contributed by atoms with Gasteiger partial charge < -0.3 is 15.4 Å². The highest BCUT2D eigenvalue weighted by Gasteiger charge is 2.31. The fourth-order valence-corrected chi connectivity index (χ4v) is 5.15. The second-order valence-corrected chi connectivity index (χ2v) is 10.4. The molecule has 0 radical (unpaired) electrons. The summed E-state index contributed by atoms with van der Waals surface area (Å²) < 4.78 is 4.88. The van der Waals surface area contributed by atoms with Crippen LogP contribution in [0.4, 0.5) is 0 Å². The van der Waals surface area contributed by atoms with Gasteiger partial charge in [0, 0.05) is 23.0 Å². The predicted octanol–water partition coefficient (Wildman–Crippen LogP) is 4.04. The molecule has 0 saturated heterocycles. The summed E-state index contributed by atoms with van der Waals surface area (Å²) in [6, 6.07) is 19.3. The number of hydrogen-bond donors (Lipinski definition) is 2. The van der Waals surface area contributed by atoms with E-state index in [9.17, 15) is 14.4 Å². The molecule has 0 aliphatic heterocycles. The summed E-state index contributed by atoms with van der Waals surface area (Å²) in [5.74, 6) is 1.45. The Labute approximate surface area is 211 Å². The SMILES string of the molecule is CCOC(=O)CNC(=O)[C@@H](CSCc1ccccc1)NC(=O)C(C)(C)CSCc1ccccc1. The summed E-state index contributed by atoms with van der Waals surface area (Å²) >= 11 is 3.24. The van der Waals surface area contributed by atoms with E-state index in [1.807, 2.05) is 62.4 Å². The zero-order valence-electron chi connectivity index (χ0n) is 20.0. The van der Waals surface area contributed by atoms with Gasteiger partial charge in [0.15, 0.2) is 0 Å². The molecule has 1 atom stereocenters. The van der Waals surface area contributed by atoms with Crippen LogP contribution in [0.1, 0.15) is 31.9 Å². The van der Waals surface area contributed by atoms with Crippen LogP contribution >= 0.6 is 23.5 Å². The van der Waals surface area contributed by atoms with Gasteiger partial charge in [-0.1, -0.05) is 74.5 Å². The third-order valence-corrected chi connectivity index (χ3v) is 7.49. The highest BCUT2D eigenvalue weighted by atomic mass is 32.2. The highest BCUT2D eigenvalue weighted by molar-refractivity contribution is 7.98. The fourth-order valence-electron chi connectivity index (χ4n) is 2.96. The van der Waals surface area contributed by atoms with Crippen molar-refractivity contribution in [1.82, 2.24) is 10.6 Å². The lowest BCUT2D eigenvalue weighted by atomic mass is 9.95. The molecule has 184 valence electrons. The number of thioether (sulfide) groups is 2. The standard InChI is InChI=1S/C26H34N2O4S2/c1-4-32-23(29)15-27-24(30)22(18-33-16-20-11-7-5-8-12-20)28-25(31)26(2,3)19-34-17-21-13-9-6-10-14-21/h5-14,22H,4,15-19H2,1-3H3,(H,27,30)(H,28,31)/t22-/m1/s1. The van der Waals surface area contributed by atoms with E-state index in [-0.39, 0.29) is 19.1 Å². The minimum Gasteiger partial charge on any atom is -0.465 e. The van der Waals surface area contributed by atoms with Crippen molar-refractivity contribution < 1.29 is 19.1 Å². The zero-order chi connectivity index (χ0) is 24.8. The molecule has 2 aromatic carbocycles. The molecule has 0 fully saturated rings. The molecule has 0 aliphatic carbocycles. The molecular weight excluding hydrogens is 468 g/mol. The third kappa shape index (κ3) is 10.2. The van der Waals surface area contributed by atoms with E-state index < -0.39 is 23.3 Å². The highest BCUT2D eigenvalue weighted by Crippen LogP contribution is 2.25. The van der Waals surface area contributed by atoms with Gasteiger partial charge in [0.25, 0.3) is 0 Å². The predicted molar refractivity (Wildman–Crippen MR) is 141 cm³/mol. The maximum atomic E-state index is 13.1. The number of amides is 2. The second-order valence-electron chi connectivity index (χ2n) is 8.41. The van der Waals surface area contributed by atoms with E-state index >= 15 is 0 Å². The number of carbonyl (C=O) groups is 3. The van der Waals surface area contributed by atoms with Gasteiger partial charge in [0.05, 0.1) is 12.0 Å². The summed E-state index contributed by atoms with van der Waals surface area (Å²) in [6.07, 6.45) is 0. The molecule has 0 saturated carbocycles. The second kappa shape index (κ2) is 14.7. The largest absolute Gasteiger partial charge is 0.465 e. The van der Waals surface area contributed by atoms with Gasteiger partial charge in [-0.25, -0.2) is 0 Å². The Hall–Kier alpha value is -2.45. The van der Waals surface area contributed by atoms with Crippen LogP contribution in [-0.4, -0.2) is 48.5 Å². The fraction of sp³-hybridized carbons (Fsp3) is 0.423. The van der Waals surface area contributed by atoms with Crippen LogP contribution in [0.3, 0.4) is 0 Å². The Kier molecular flexibility index (Phi) is 12.0. The maximum Gasteiger partial charge on any atom is 0.325 e. The van der Waals surface area contributed by atoms with E-state index in [2.05, 4.69) is 22.8 Å². The van der Waals surface area contributed by atoms with E-state index in [0.29, 0.717) is 17.3 Å². The summed E-state index contributed by atoms with van der Waals surface area (Å²) in [5, 5.41) is 5.50. The first kappa shape index (κ1) is 27.8. The smallest absolute Gasteiger partial charge is 0.325 e. The lowest BCUT2D eigenvalue weighted by Gasteiger charge is -2.27. The average molecular weight is 503 g/mol. The summed E-state index contributed by atoms with van der Waals surface area (Å²) in [4.78, 5) is 37.5. The van der Waals surface area contributed by atoms with Gasteiger partial charge >= 0.3 is 5.97 Å². The first-order chi connectivity index (χ1) is 16.3. The van der Waals surface area contributed by atoms with E-state index in [0.717, 1.165) is 11.3 Å². The quantitative estimate of drug-likeness (QED) is 0.379. The molecule has 0 aliphatic rings. The number of benzene rings is 2. The van der Waals surface area contributed by atoms with Crippen LogP contribution < -0.4 is 10.6 Å². The van der Waals surface area contributed by atoms with Crippen molar-refractivity contribution in [2.45, 2.75) is 38.3 Å². The van der Waals surface area contributed by atoms with Gasteiger partial charge in [0.1, 0.15) is 12.6 Å². The molecule has 2 N–H and O–H groups in total. The molecule has 8 heteroatoms. The van der Waals surface area contributed by atoms with Crippen LogP contribution in [0.5, 0.6) is 0 Å². The van der Waals surface area contributed by atoms with E-state index in [1.54, 1.807) is 30.4 Å². The summed E-state index contributed by atoms with van der Waals surface area (Å²) in [5.41, 5.74) is 1.68. The maximum absolute atomic E-state index is 13.1. The number of carbonyl (C=O) groups excluding carboxylic acids is 3. The van der Waals surface area contributed by atoms with E-state index in [4.69, 9.17) is 4.74 Å². The van der Waals surface area contributed by atoms with Crippen LogP contribution in [0.15, 0.2) is 60.7 Å². The molecule has 0 heterocycles. The molecule has 0 aromatic heterocycles. The number of hydrogen-bond acceptors (Lipinski definition) is 6. The van der Waals surface area contributed by atoms with Crippen LogP contribution in [0.25, 0.3) is 0 Å². The van der Waals surface area contributed by atoms with Crippen LogP contribution in [-0.2, 0) is 30.6 Å². The monoisotopic (exact) mass is 502 g/mol. The summed E-state index contributed by atoms with van der Waals surface area (Å²) in [7, 11) is 0. The summed E-state index contributed by atoms with van der Waals surface area (Å²) in [6.45, 7) is 5.49. The average Bonchev–Trinajstić information content (AvgIpc) is 2.83. The van der Waals surface area contributed by atoms with Crippen molar-refractivity contribution in [3.8, 4) is 0 Å². The topological polar surface area (TPSA) is 84.5 Å². The molecule has 0 spiro atoms. The molecule has 34 heavy (non-hydrogen) atoms. The first-order valence-corrected chi connectivity index (χ1v) is 13.6. The molecule has 6 nitrogen and oxygen atoms in total. The Balaban J connectivity index is 1.94. The number of esters is 1. The molecular formula is C26H34N2O4S2. The lowest BCUT2D eigenvalue weighted by molar-refractivity contribution is -0.143. The number of nitrogens with one attached hydrogen (secondary N) is 2. The van der Waals surface area contributed by atoms with Crippen molar-refractivity contribution in [3.63, 3.8) is 0 Å². The van der Waals surface area contributed by atoms with E-state index in [1.165, 1.54) is 5.56 Å². The number of ether oxygens (including phenoxy) is 1. The Morgan fingerprint density at radius 1 is 0.912 bits per heavy atom. The number of rotatable bonds is 14. The molecule has 0 unspecified atom stereocenters. The minimum absolute atomic E-state index is 0.190. The first-order valence-electron chi connectivity index (χ1n) is 11.3. The Morgan fingerprint density at radius 3 is 2.03 bits per heavy atom. The normalized spacial score (nSPS) is 12.0. The molecule has 2 aromatic rings. The zero-order valence-corrected chi connectivity index (χ0v) is 21.7. The van der Waals surface area contributed by atoms with Gasteiger partial charge in [0.2, 0.25) is 11.8 Å². The molecule has 2 rings (SSSR count). The Morgan fingerprint density at radius 2 is 1.47 bits per heavy atom. The van der Waals surface area contributed by atoms with Crippen molar-refractivity contribution in [2.75, 3.05) is 24.7 Å². The van der Waals surface area contributed by atoms with Crippen LogP contribution in [0, 0.1) is 5.41 Å². The van der Waals surface area contributed by atoms with Gasteiger partial charge in [-0.15, -0.1) is 0 Å².